The van der Waals surface area contributed by atoms with E-state index < -0.39 is 6.04 Å². The van der Waals surface area contributed by atoms with Crippen LogP contribution in [0.5, 0.6) is 0 Å². The molecule has 2 rings (SSSR count). The standard InChI is InChI=1S/C25H32Cl2N2O2S/c1-3-5-14-28-25(31)23(4-2)29(17-20-11-12-21(26)22(27)16-20)24(30)13-15-32-18-19-9-7-6-8-10-19/h6-12,16,23H,3-5,13-15,17-18H2,1-2H3,(H,28,31)/t23-/m1/s1. The molecule has 174 valence electrons. The number of nitrogens with zero attached hydrogens (tertiary/aromatic N) is 1. The van der Waals surface area contributed by atoms with E-state index >= 15 is 0 Å². The van der Waals surface area contributed by atoms with Gasteiger partial charge in [0.2, 0.25) is 11.8 Å². The summed E-state index contributed by atoms with van der Waals surface area (Å²) in [5, 5.41) is 3.89. The Hall–Kier alpha value is -1.69. The summed E-state index contributed by atoms with van der Waals surface area (Å²) in [5.74, 6) is 1.41. The minimum absolute atomic E-state index is 0.0332. The van der Waals surface area contributed by atoms with Gasteiger partial charge < -0.3 is 10.2 Å². The van der Waals surface area contributed by atoms with Crippen molar-refractivity contribution in [3.05, 3.63) is 69.7 Å². The molecule has 0 radical (unpaired) electrons. The number of thioether (sulfide) groups is 1. The normalized spacial score (nSPS) is 11.8. The molecular formula is C25H32Cl2N2O2S. The lowest BCUT2D eigenvalue weighted by Gasteiger charge is -2.31. The highest BCUT2D eigenvalue weighted by Gasteiger charge is 2.28. The molecule has 0 aromatic heterocycles. The van der Waals surface area contributed by atoms with Gasteiger partial charge in [-0.2, -0.15) is 11.8 Å². The molecule has 0 saturated heterocycles. The zero-order valence-corrected chi connectivity index (χ0v) is 21.1. The van der Waals surface area contributed by atoms with E-state index in [0.717, 1.165) is 24.2 Å². The van der Waals surface area contributed by atoms with Gasteiger partial charge in [-0.25, -0.2) is 0 Å². The van der Waals surface area contributed by atoms with Crippen LogP contribution in [0.2, 0.25) is 10.0 Å². The Bertz CT molecular complexity index is 864. The van der Waals surface area contributed by atoms with Crippen LogP contribution in [0.15, 0.2) is 48.5 Å². The van der Waals surface area contributed by atoms with Gasteiger partial charge in [-0.1, -0.05) is 79.9 Å². The first-order chi connectivity index (χ1) is 15.5. The summed E-state index contributed by atoms with van der Waals surface area (Å²) in [4.78, 5) is 27.8. The van der Waals surface area contributed by atoms with Crippen LogP contribution in [-0.4, -0.2) is 35.1 Å². The third kappa shape index (κ3) is 8.68. The van der Waals surface area contributed by atoms with Gasteiger partial charge in [-0.15, -0.1) is 0 Å². The molecule has 32 heavy (non-hydrogen) atoms. The van der Waals surface area contributed by atoms with Crippen LogP contribution in [-0.2, 0) is 21.9 Å². The van der Waals surface area contributed by atoms with Gasteiger partial charge in [0, 0.05) is 31.0 Å². The molecule has 0 unspecified atom stereocenters. The predicted molar refractivity (Wildman–Crippen MR) is 136 cm³/mol. The first-order valence-electron chi connectivity index (χ1n) is 11.1. The van der Waals surface area contributed by atoms with Crippen LogP contribution in [0.25, 0.3) is 0 Å². The highest BCUT2D eigenvalue weighted by atomic mass is 35.5. The molecule has 0 bridgehead atoms. The maximum atomic E-state index is 13.2. The summed E-state index contributed by atoms with van der Waals surface area (Å²) >= 11 is 13.9. The van der Waals surface area contributed by atoms with Crippen LogP contribution >= 0.6 is 35.0 Å². The molecule has 0 aliphatic rings. The van der Waals surface area contributed by atoms with E-state index in [-0.39, 0.29) is 11.8 Å². The van der Waals surface area contributed by atoms with E-state index in [1.807, 2.05) is 31.2 Å². The molecule has 1 atom stereocenters. The van der Waals surface area contributed by atoms with Gasteiger partial charge >= 0.3 is 0 Å². The summed E-state index contributed by atoms with van der Waals surface area (Å²) in [5.41, 5.74) is 2.09. The first kappa shape index (κ1) is 26.6. The maximum Gasteiger partial charge on any atom is 0.242 e. The van der Waals surface area contributed by atoms with Crippen molar-refractivity contribution in [2.75, 3.05) is 12.3 Å². The second-order valence-electron chi connectivity index (χ2n) is 7.63. The molecule has 0 aliphatic carbocycles. The molecule has 2 aromatic carbocycles. The van der Waals surface area contributed by atoms with Crippen LogP contribution in [0.3, 0.4) is 0 Å². The molecule has 0 aliphatic heterocycles. The fourth-order valence-corrected chi connectivity index (χ4v) is 4.54. The summed E-state index contributed by atoms with van der Waals surface area (Å²) in [6.45, 7) is 4.95. The number of amides is 2. The number of hydrogen-bond acceptors (Lipinski definition) is 3. The molecule has 7 heteroatoms. The molecule has 0 fully saturated rings. The Morgan fingerprint density at radius 1 is 1.03 bits per heavy atom. The van der Waals surface area contributed by atoms with Crippen molar-refractivity contribution in [2.24, 2.45) is 0 Å². The van der Waals surface area contributed by atoms with E-state index in [2.05, 4.69) is 24.4 Å². The third-order valence-electron chi connectivity index (χ3n) is 5.12. The zero-order valence-electron chi connectivity index (χ0n) is 18.8. The monoisotopic (exact) mass is 494 g/mol. The Morgan fingerprint density at radius 2 is 1.78 bits per heavy atom. The van der Waals surface area contributed by atoms with Crippen molar-refractivity contribution in [3.8, 4) is 0 Å². The minimum Gasteiger partial charge on any atom is -0.354 e. The van der Waals surface area contributed by atoms with Gasteiger partial charge in [0.25, 0.3) is 0 Å². The lowest BCUT2D eigenvalue weighted by Crippen LogP contribution is -2.49. The van der Waals surface area contributed by atoms with E-state index in [1.54, 1.807) is 28.8 Å². The highest BCUT2D eigenvalue weighted by Crippen LogP contribution is 2.24. The van der Waals surface area contributed by atoms with Crippen molar-refractivity contribution >= 4 is 46.8 Å². The van der Waals surface area contributed by atoms with Gasteiger partial charge in [0.1, 0.15) is 6.04 Å². The fourth-order valence-electron chi connectivity index (χ4n) is 3.33. The Labute approximate surface area is 206 Å². The van der Waals surface area contributed by atoms with E-state index in [0.29, 0.717) is 41.7 Å². The van der Waals surface area contributed by atoms with Crippen molar-refractivity contribution in [1.82, 2.24) is 10.2 Å². The fraction of sp³-hybridized carbons (Fsp3) is 0.440. The number of rotatable bonds is 13. The minimum atomic E-state index is -0.520. The number of hydrogen-bond donors (Lipinski definition) is 1. The smallest absolute Gasteiger partial charge is 0.242 e. The largest absolute Gasteiger partial charge is 0.354 e. The van der Waals surface area contributed by atoms with Crippen molar-refractivity contribution in [2.45, 2.75) is 57.9 Å². The van der Waals surface area contributed by atoms with Crippen LogP contribution in [0.4, 0.5) is 0 Å². The second kappa shape index (κ2) is 14.5. The Balaban J connectivity index is 2.07. The predicted octanol–water partition coefficient (Wildman–Crippen LogP) is 6.34. The van der Waals surface area contributed by atoms with Gasteiger partial charge in [0.15, 0.2) is 0 Å². The molecule has 2 aromatic rings. The van der Waals surface area contributed by atoms with Gasteiger partial charge in [-0.05, 0) is 36.1 Å². The topological polar surface area (TPSA) is 49.4 Å². The van der Waals surface area contributed by atoms with Crippen LogP contribution in [0, 0.1) is 0 Å². The maximum absolute atomic E-state index is 13.2. The number of nitrogens with one attached hydrogen (secondary N) is 1. The third-order valence-corrected chi connectivity index (χ3v) is 6.89. The molecule has 0 spiro atoms. The van der Waals surface area contributed by atoms with E-state index in [1.165, 1.54) is 5.56 Å². The quantitative estimate of drug-likeness (QED) is 0.330. The average molecular weight is 496 g/mol. The Kier molecular flexibility index (Phi) is 12.0. The SMILES string of the molecule is CCCCNC(=O)[C@@H](CC)N(Cc1ccc(Cl)c(Cl)c1)C(=O)CCSCc1ccccc1. The van der Waals surface area contributed by atoms with Crippen molar-refractivity contribution < 1.29 is 9.59 Å². The van der Waals surface area contributed by atoms with Crippen LogP contribution in [0.1, 0.15) is 50.7 Å². The number of unbranched alkanes of at least 4 members (excludes halogenated alkanes) is 1. The molecule has 0 saturated carbocycles. The first-order valence-corrected chi connectivity index (χ1v) is 13.0. The molecule has 0 heterocycles. The number of halogens is 2. The number of benzene rings is 2. The molecule has 2 amide bonds. The van der Waals surface area contributed by atoms with E-state index in [9.17, 15) is 9.59 Å². The lowest BCUT2D eigenvalue weighted by molar-refractivity contribution is -0.141. The van der Waals surface area contributed by atoms with Gasteiger partial charge in [-0.3, -0.25) is 9.59 Å². The summed E-state index contributed by atoms with van der Waals surface area (Å²) in [6, 6.07) is 15.0. The van der Waals surface area contributed by atoms with Crippen molar-refractivity contribution in [1.29, 1.82) is 0 Å². The zero-order chi connectivity index (χ0) is 23.3. The highest BCUT2D eigenvalue weighted by molar-refractivity contribution is 7.98. The van der Waals surface area contributed by atoms with Crippen molar-refractivity contribution in [3.63, 3.8) is 0 Å². The Morgan fingerprint density at radius 3 is 2.44 bits per heavy atom. The molecule has 4 nitrogen and oxygen atoms in total. The van der Waals surface area contributed by atoms with Crippen LogP contribution < -0.4 is 5.32 Å². The summed E-state index contributed by atoms with van der Waals surface area (Å²) in [7, 11) is 0. The summed E-state index contributed by atoms with van der Waals surface area (Å²) < 4.78 is 0. The van der Waals surface area contributed by atoms with E-state index in [4.69, 9.17) is 23.2 Å². The molecular weight excluding hydrogens is 463 g/mol. The lowest BCUT2D eigenvalue weighted by atomic mass is 10.1. The summed E-state index contributed by atoms with van der Waals surface area (Å²) in [6.07, 6.45) is 2.83. The number of carbonyl (C=O) groups is 2. The molecule has 1 N–H and O–H groups in total. The van der Waals surface area contributed by atoms with Gasteiger partial charge in [0.05, 0.1) is 10.0 Å². The second-order valence-corrected chi connectivity index (χ2v) is 9.55. The average Bonchev–Trinajstić information content (AvgIpc) is 2.79. The number of carbonyl (C=O) groups excluding carboxylic acids is 2.